The van der Waals surface area contributed by atoms with Crippen molar-refractivity contribution in [2.24, 2.45) is 0 Å². The van der Waals surface area contributed by atoms with E-state index in [-0.39, 0.29) is 0 Å². The molecular formula is C10H7ClFNOS. The van der Waals surface area contributed by atoms with Crippen molar-refractivity contribution in [2.75, 3.05) is 0 Å². The molecule has 5 heteroatoms. The molecule has 2 aromatic heterocycles. The largest absolute Gasteiger partial charge is 0.486 e. The number of aromatic nitrogens is 1. The monoisotopic (exact) mass is 243 g/mol. The van der Waals surface area contributed by atoms with Crippen LogP contribution in [0, 0.1) is 5.95 Å². The molecule has 0 fully saturated rings. The van der Waals surface area contributed by atoms with Crippen molar-refractivity contribution in [3.05, 3.63) is 45.6 Å². The predicted molar refractivity (Wildman–Crippen MR) is 57.9 cm³/mol. The standard InChI is InChI=1S/C10H7ClFNOS/c11-9-3-2-8(15-9)6-14-7-1-4-10(12)13-5-7/h1-5H,6H2. The number of nitrogens with zero attached hydrogens (tertiary/aromatic N) is 1. The Kier molecular flexibility index (Phi) is 3.18. The number of hydrogen-bond acceptors (Lipinski definition) is 3. The number of halogens is 2. The Morgan fingerprint density at radius 3 is 2.80 bits per heavy atom. The minimum absolute atomic E-state index is 0.421. The number of hydrogen-bond donors (Lipinski definition) is 0. The highest BCUT2D eigenvalue weighted by atomic mass is 35.5. The Morgan fingerprint density at radius 1 is 1.33 bits per heavy atom. The molecule has 0 amide bonds. The molecule has 2 heterocycles. The molecule has 0 aromatic carbocycles. The van der Waals surface area contributed by atoms with Gasteiger partial charge in [0, 0.05) is 4.88 Å². The summed E-state index contributed by atoms with van der Waals surface area (Å²) < 4.78 is 18.6. The van der Waals surface area contributed by atoms with Crippen LogP contribution in [0.1, 0.15) is 4.88 Å². The van der Waals surface area contributed by atoms with Gasteiger partial charge in [0.05, 0.1) is 10.5 Å². The summed E-state index contributed by atoms with van der Waals surface area (Å²) in [5, 5.41) is 0. The SMILES string of the molecule is Fc1ccc(OCc2ccc(Cl)s2)cn1. The first-order valence-electron chi connectivity index (χ1n) is 4.22. The normalized spacial score (nSPS) is 10.3. The molecule has 0 saturated carbocycles. The summed E-state index contributed by atoms with van der Waals surface area (Å²) in [5.74, 6) is 0.0300. The van der Waals surface area contributed by atoms with Crippen molar-refractivity contribution in [3.8, 4) is 5.75 Å². The van der Waals surface area contributed by atoms with E-state index in [9.17, 15) is 4.39 Å². The molecule has 0 aliphatic heterocycles. The van der Waals surface area contributed by atoms with Gasteiger partial charge < -0.3 is 4.74 Å². The molecule has 78 valence electrons. The van der Waals surface area contributed by atoms with Gasteiger partial charge in [0.2, 0.25) is 5.95 Å². The highest BCUT2D eigenvalue weighted by Gasteiger charge is 2.00. The average Bonchev–Trinajstić information content (AvgIpc) is 2.64. The van der Waals surface area contributed by atoms with Gasteiger partial charge >= 0.3 is 0 Å². The fourth-order valence-corrected chi connectivity index (χ4v) is 2.03. The number of rotatable bonds is 3. The van der Waals surface area contributed by atoms with Gasteiger partial charge in [-0.25, -0.2) is 4.98 Å². The minimum Gasteiger partial charge on any atom is -0.486 e. The van der Waals surface area contributed by atoms with Gasteiger partial charge in [-0.15, -0.1) is 11.3 Å². The fraction of sp³-hybridized carbons (Fsp3) is 0.100. The highest BCUT2D eigenvalue weighted by molar-refractivity contribution is 7.16. The third-order valence-electron chi connectivity index (χ3n) is 1.71. The van der Waals surface area contributed by atoms with E-state index in [2.05, 4.69) is 4.98 Å². The molecule has 2 rings (SSSR count). The maximum absolute atomic E-state index is 12.5. The third-order valence-corrected chi connectivity index (χ3v) is 2.91. The molecule has 0 spiro atoms. The van der Waals surface area contributed by atoms with E-state index >= 15 is 0 Å². The van der Waals surface area contributed by atoms with Crippen molar-refractivity contribution >= 4 is 22.9 Å². The lowest BCUT2D eigenvalue weighted by Crippen LogP contribution is -1.93. The van der Waals surface area contributed by atoms with Crippen LogP contribution in [-0.2, 0) is 6.61 Å². The van der Waals surface area contributed by atoms with E-state index in [1.807, 2.05) is 12.1 Å². The van der Waals surface area contributed by atoms with E-state index < -0.39 is 5.95 Å². The Balaban J connectivity index is 1.96. The zero-order valence-electron chi connectivity index (χ0n) is 7.61. The Morgan fingerprint density at radius 2 is 2.20 bits per heavy atom. The van der Waals surface area contributed by atoms with Crippen molar-refractivity contribution in [1.29, 1.82) is 0 Å². The van der Waals surface area contributed by atoms with Crippen LogP contribution < -0.4 is 4.74 Å². The zero-order valence-corrected chi connectivity index (χ0v) is 9.19. The van der Waals surface area contributed by atoms with Gasteiger partial charge in [0.1, 0.15) is 12.4 Å². The van der Waals surface area contributed by atoms with Gasteiger partial charge in [-0.05, 0) is 24.3 Å². The topological polar surface area (TPSA) is 22.1 Å². The van der Waals surface area contributed by atoms with E-state index in [1.165, 1.54) is 29.7 Å². The Bertz CT molecular complexity index is 443. The van der Waals surface area contributed by atoms with Crippen LogP contribution in [0.4, 0.5) is 4.39 Å². The first-order valence-corrected chi connectivity index (χ1v) is 5.42. The number of ether oxygens (including phenoxy) is 1. The zero-order chi connectivity index (χ0) is 10.7. The lowest BCUT2D eigenvalue weighted by molar-refractivity contribution is 0.307. The smallest absolute Gasteiger partial charge is 0.213 e. The maximum atomic E-state index is 12.5. The van der Waals surface area contributed by atoms with Crippen molar-refractivity contribution in [1.82, 2.24) is 4.98 Å². The first-order chi connectivity index (χ1) is 7.24. The van der Waals surface area contributed by atoms with Gasteiger partial charge in [-0.3, -0.25) is 0 Å². The molecule has 0 radical (unpaired) electrons. The molecule has 0 unspecified atom stereocenters. The van der Waals surface area contributed by atoms with Crippen molar-refractivity contribution in [3.63, 3.8) is 0 Å². The summed E-state index contributed by atoms with van der Waals surface area (Å²) in [6, 6.07) is 6.51. The summed E-state index contributed by atoms with van der Waals surface area (Å²) in [7, 11) is 0. The van der Waals surface area contributed by atoms with Gasteiger partial charge in [-0.2, -0.15) is 4.39 Å². The van der Waals surface area contributed by atoms with E-state index in [0.29, 0.717) is 12.4 Å². The summed E-state index contributed by atoms with van der Waals surface area (Å²) >= 11 is 7.22. The van der Waals surface area contributed by atoms with Crippen LogP contribution in [0.5, 0.6) is 5.75 Å². The molecule has 0 aliphatic rings. The summed E-state index contributed by atoms with van der Waals surface area (Å²) in [6.45, 7) is 0.421. The second-order valence-electron chi connectivity index (χ2n) is 2.81. The Labute approximate surface area is 95.3 Å². The van der Waals surface area contributed by atoms with Gasteiger partial charge in [-0.1, -0.05) is 11.6 Å². The third kappa shape index (κ3) is 2.91. The second kappa shape index (κ2) is 4.59. The first kappa shape index (κ1) is 10.4. The summed E-state index contributed by atoms with van der Waals surface area (Å²) in [5.41, 5.74) is 0. The van der Waals surface area contributed by atoms with Gasteiger partial charge in [0.25, 0.3) is 0 Å². The molecular weight excluding hydrogens is 237 g/mol. The van der Waals surface area contributed by atoms with Gasteiger partial charge in [0.15, 0.2) is 0 Å². The van der Waals surface area contributed by atoms with E-state index in [0.717, 1.165) is 9.21 Å². The van der Waals surface area contributed by atoms with Crippen LogP contribution in [-0.4, -0.2) is 4.98 Å². The van der Waals surface area contributed by atoms with E-state index in [1.54, 1.807) is 0 Å². The summed E-state index contributed by atoms with van der Waals surface area (Å²) in [6.07, 6.45) is 1.35. The van der Waals surface area contributed by atoms with Crippen LogP contribution in [0.15, 0.2) is 30.5 Å². The quantitative estimate of drug-likeness (QED) is 0.770. The van der Waals surface area contributed by atoms with Crippen LogP contribution in [0.25, 0.3) is 0 Å². The molecule has 0 saturated heterocycles. The fourth-order valence-electron chi connectivity index (χ4n) is 1.03. The van der Waals surface area contributed by atoms with Crippen LogP contribution in [0.3, 0.4) is 0 Å². The van der Waals surface area contributed by atoms with Crippen molar-refractivity contribution in [2.45, 2.75) is 6.61 Å². The average molecular weight is 244 g/mol. The molecule has 0 bridgehead atoms. The maximum Gasteiger partial charge on any atom is 0.213 e. The lowest BCUT2D eigenvalue weighted by atomic mass is 10.4. The van der Waals surface area contributed by atoms with E-state index in [4.69, 9.17) is 16.3 Å². The molecule has 15 heavy (non-hydrogen) atoms. The molecule has 0 atom stereocenters. The van der Waals surface area contributed by atoms with Crippen LogP contribution in [0.2, 0.25) is 4.34 Å². The summed E-state index contributed by atoms with van der Waals surface area (Å²) in [4.78, 5) is 4.50. The minimum atomic E-state index is -0.512. The molecule has 0 N–H and O–H groups in total. The Hall–Kier alpha value is -1.13. The highest BCUT2D eigenvalue weighted by Crippen LogP contribution is 2.22. The van der Waals surface area contributed by atoms with Crippen LogP contribution >= 0.6 is 22.9 Å². The molecule has 2 nitrogen and oxygen atoms in total. The van der Waals surface area contributed by atoms with Crippen molar-refractivity contribution < 1.29 is 9.13 Å². The predicted octanol–water partition coefficient (Wildman–Crippen LogP) is 3.51. The second-order valence-corrected chi connectivity index (χ2v) is 4.61. The lowest BCUT2D eigenvalue weighted by Gasteiger charge is -2.02. The number of thiophene rings is 1. The number of pyridine rings is 1. The molecule has 0 aliphatic carbocycles. The molecule has 2 aromatic rings.